The molecule has 0 aromatic heterocycles. The van der Waals surface area contributed by atoms with Crippen molar-refractivity contribution in [3.05, 3.63) is 0 Å². The number of hydrogen-bond acceptors (Lipinski definition) is 4. The number of hydrogen-bond donors (Lipinski definition) is 1. The Balaban J connectivity index is 1.37. The van der Waals surface area contributed by atoms with E-state index in [1.807, 2.05) is 0 Å². The second-order valence-corrected chi connectivity index (χ2v) is 9.23. The fraction of sp³-hybridized carbons (Fsp3) is 1.00. The zero-order chi connectivity index (χ0) is 17.0. The van der Waals surface area contributed by atoms with E-state index in [4.69, 9.17) is 4.74 Å². The van der Waals surface area contributed by atoms with Gasteiger partial charge in [-0.15, -0.1) is 0 Å². The molecular formula is C20H39N3O. The number of piperidine rings is 1. The van der Waals surface area contributed by atoms with Crippen molar-refractivity contribution < 1.29 is 4.74 Å². The van der Waals surface area contributed by atoms with Gasteiger partial charge in [0.05, 0.1) is 18.9 Å². The third kappa shape index (κ3) is 5.42. The van der Waals surface area contributed by atoms with Gasteiger partial charge in [-0.25, -0.2) is 0 Å². The zero-order valence-corrected chi connectivity index (χ0v) is 16.2. The minimum Gasteiger partial charge on any atom is -0.375 e. The molecule has 0 radical (unpaired) electrons. The standard InChI is InChI=1S/C20H39N3O/c1-20(2,3)23-14-4-13-22(16-23)15-17-5-7-18(8-6-17)24-19-9-11-21-12-10-19/h17-19,21H,4-16H2,1-3H3. The quantitative estimate of drug-likeness (QED) is 0.853. The molecule has 0 unspecified atom stereocenters. The zero-order valence-electron chi connectivity index (χ0n) is 16.2. The van der Waals surface area contributed by atoms with Crippen LogP contribution in [0.1, 0.15) is 65.7 Å². The van der Waals surface area contributed by atoms with Crippen LogP contribution in [0, 0.1) is 5.92 Å². The Morgan fingerprint density at radius 1 is 0.917 bits per heavy atom. The van der Waals surface area contributed by atoms with E-state index < -0.39 is 0 Å². The molecule has 2 saturated heterocycles. The van der Waals surface area contributed by atoms with Crippen molar-refractivity contribution in [2.75, 3.05) is 39.4 Å². The molecule has 0 atom stereocenters. The number of nitrogens with zero attached hydrogens (tertiary/aromatic N) is 2. The summed E-state index contributed by atoms with van der Waals surface area (Å²) >= 11 is 0. The predicted molar refractivity (Wildman–Crippen MR) is 100 cm³/mol. The van der Waals surface area contributed by atoms with E-state index in [0.717, 1.165) is 25.7 Å². The first-order chi connectivity index (χ1) is 11.5. The molecule has 2 heterocycles. The van der Waals surface area contributed by atoms with Crippen molar-refractivity contribution in [3.8, 4) is 0 Å². The monoisotopic (exact) mass is 337 g/mol. The molecular weight excluding hydrogens is 298 g/mol. The molecule has 3 fully saturated rings. The number of nitrogens with one attached hydrogen (secondary N) is 1. The molecule has 4 nitrogen and oxygen atoms in total. The molecule has 140 valence electrons. The van der Waals surface area contributed by atoms with E-state index in [9.17, 15) is 0 Å². The van der Waals surface area contributed by atoms with Gasteiger partial charge >= 0.3 is 0 Å². The Morgan fingerprint density at radius 2 is 1.58 bits per heavy atom. The average molecular weight is 338 g/mol. The molecule has 1 saturated carbocycles. The molecule has 2 aliphatic heterocycles. The summed E-state index contributed by atoms with van der Waals surface area (Å²) in [5, 5.41) is 3.43. The van der Waals surface area contributed by atoms with Crippen molar-refractivity contribution in [2.45, 2.75) is 83.5 Å². The van der Waals surface area contributed by atoms with Crippen LogP contribution in [0.3, 0.4) is 0 Å². The minimum atomic E-state index is 0.305. The third-order valence-corrected chi connectivity index (χ3v) is 6.20. The van der Waals surface area contributed by atoms with Crippen molar-refractivity contribution >= 4 is 0 Å². The highest BCUT2D eigenvalue weighted by Crippen LogP contribution is 2.29. The van der Waals surface area contributed by atoms with E-state index in [1.165, 1.54) is 64.6 Å². The molecule has 24 heavy (non-hydrogen) atoms. The summed E-state index contributed by atoms with van der Waals surface area (Å²) in [6, 6.07) is 0. The first-order valence-electron chi connectivity index (χ1n) is 10.3. The van der Waals surface area contributed by atoms with Gasteiger partial charge in [0.25, 0.3) is 0 Å². The Hall–Kier alpha value is -0.160. The predicted octanol–water partition coefficient (Wildman–Crippen LogP) is 3.08. The Kier molecular flexibility index (Phi) is 6.58. The van der Waals surface area contributed by atoms with Crippen molar-refractivity contribution in [1.29, 1.82) is 0 Å². The summed E-state index contributed by atoms with van der Waals surface area (Å²) < 4.78 is 6.37. The lowest BCUT2D eigenvalue weighted by Crippen LogP contribution is -2.53. The molecule has 3 aliphatic rings. The number of ether oxygens (including phenoxy) is 1. The fourth-order valence-electron chi connectivity index (χ4n) is 4.58. The van der Waals surface area contributed by atoms with Crippen LogP contribution in [0.25, 0.3) is 0 Å². The largest absolute Gasteiger partial charge is 0.375 e. The van der Waals surface area contributed by atoms with Crippen molar-refractivity contribution in [1.82, 2.24) is 15.1 Å². The van der Waals surface area contributed by atoms with Gasteiger partial charge in [0.2, 0.25) is 0 Å². The topological polar surface area (TPSA) is 27.7 Å². The SMILES string of the molecule is CC(C)(C)N1CCCN(CC2CCC(OC3CCNCC3)CC2)C1. The first kappa shape index (κ1) is 18.6. The summed E-state index contributed by atoms with van der Waals surface area (Å²) in [7, 11) is 0. The first-order valence-corrected chi connectivity index (χ1v) is 10.3. The molecule has 3 rings (SSSR count). The molecule has 1 N–H and O–H groups in total. The molecule has 4 heteroatoms. The van der Waals surface area contributed by atoms with Gasteiger partial charge in [-0.05, 0) is 84.7 Å². The summed E-state index contributed by atoms with van der Waals surface area (Å²) in [5.41, 5.74) is 0.305. The van der Waals surface area contributed by atoms with Crippen LogP contribution in [-0.4, -0.2) is 66.9 Å². The summed E-state index contributed by atoms with van der Waals surface area (Å²) in [6.45, 7) is 14.3. The Labute approximate surface area is 149 Å². The fourth-order valence-corrected chi connectivity index (χ4v) is 4.58. The van der Waals surface area contributed by atoms with Crippen LogP contribution in [-0.2, 0) is 4.74 Å². The van der Waals surface area contributed by atoms with Crippen LogP contribution in [0.4, 0.5) is 0 Å². The van der Waals surface area contributed by atoms with E-state index in [-0.39, 0.29) is 0 Å². The summed E-state index contributed by atoms with van der Waals surface area (Å²) in [4.78, 5) is 5.34. The minimum absolute atomic E-state index is 0.305. The van der Waals surface area contributed by atoms with Gasteiger partial charge in [0.15, 0.2) is 0 Å². The number of rotatable bonds is 4. The highest BCUT2D eigenvalue weighted by molar-refractivity contribution is 4.83. The highest BCUT2D eigenvalue weighted by Gasteiger charge is 2.30. The second-order valence-electron chi connectivity index (χ2n) is 9.23. The van der Waals surface area contributed by atoms with Gasteiger partial charge in [-0.3, -0.25) is 9.80 Å². The maximum Gasteiger partial charge on any atom is 0.0603 e. The van der Waals surface area contributed by atoms with Gasteiger partial charge in [-0.1, -0.05) is 0 Å². The van der Waals surface area contributed by atoms with Crippen LogP contribution < -0.4 is 5.32 Å². The Morgan fingerprint density at radius 3 is 2.25 bits per heavy atom. The lowest BCUT2D eigenvalue weighted by atomic mass is 9.86. The molecule has 1 aliphatic carbocycles. The Bertz CT molecular complexity index is 368. The van der Waals surface area contributed by atoms with Gasteiger partial charge < -0.3 is 10.1 Å². The van der Waals surface area contributed by atoms with Crippen LogP contribution in [0.2, 0.25) is 0 Å². The smallest absolute Gasteiger partial charge is 0.0603 e. The van der Waals surface area contributed by atoms with Crippen LogP contribution in [0.5, 0.6) is 0 Å². The highest BCUT2D eigenvalue weighted by atomic mass is 16.5. The molecule has 0 spiro atoms. The van der Waals surface area contributed by atoms with Gasteiger partial charge in [-0.2, -0.15) is 0 Å². The maximum atomic E-state index is 6.37. The van der Waals surface area contributed by atoms with Gasteiger partial charge in [0, 0.05) is 25.2 Å². The summed E-state index contributed by atoms with van der Waals surface area (Å²) in [6.07, 6.45) is 10.1. The van der Waals surface area contributed by atoms with E-state index >= 15 is 0 Å². The van der Waals surface area contributed by atoms with Crippen molar-refractivity contribution in [3.63, 3.8) is 0 Å². The molecule has 0 amide bonds. The van der Waals surface area contributed by atoms with E-state index in [1.54, 1.807) is 0 Å². The second kappa shape index (κ2) is 8.48. The van der Waals surface area contributed by atoms with Crippen LogP contribution in [0.15, 0.2) is 0 Å². The van der Waals surface area contributed by atoms with Crippen LogP contribution >= 0.6 is 0 Å². The van der Waals surface area contributed by atoms with E-state index in [0.29, 0.717) is 17.7 Å². The molecule has 0 aromatic rings. The lowest BCUT2D eigenvalue weighted by molar-refractivity contribution is -0.0527. The van der Waals surface area contributed by atoms with Gasteiger partial charge in [0.1, 0.15) is 0 Å². The molecule has 0 bridgehead atoms. The van der Waals surface area contributed by atoms with E-state index in [2.05, 4.69) is 35.9 Å². The third-order valence-electron chi connectivity index (χ3n) is 6.20. The normalized spacial score (nSPS) is 32.1. The summed E-state index contributed by atoms with van der Waals surface area (Å²) in [5.74, 6) is 0.887. The molecule has 0 aromatic carbocycles. The maximum absolute atomic E-state index is 6.37. The van der Waals surface area contributed by atoms with Crippen molar-refractivity contribution in [2.24, 2.45) is 5.92 Å². The average Bonchev–Trinajstić information content (AvgIpc) is 2.57. The lowest BCUT2D eigenvalue weighted by Gasteiger charge is -2.44.